The molecule has 0 unspecified atom stereocenters. The highest BCUT2D eigenvalue weighted by atomic mass is 79.9. The highest BCUT2D eigenvalue weighted by Crippen LogP contribution is 2.35. The van der Waals surface area contributed by atoms with E-state index in [-0.39, 0.29) is 17.5 Å². The predicted octanol–water partition coefficient (Wildman–Crippen LogP) is 5.38. The summed E-state index contributed by atoms with van der Waals surface area (Å²) in [5, 5.41) is 12.4. The number of nitrogens with one attached hydrogen (secondary N) is 1. The van der Waals surface area contributed by atoms with Crippen LogP contribution in [-0.4, -0.2) is 18.6 Å². The Morgan fingerprint density at radius 1 is 1.38 bits per heavy atom. The van der Waals surface area contributed by atoms with Crippen molar-refractivity contribution in [3.63, 3.8) is 0 Å². The fourth-order valence-corrected chi connectivity index (χ4v) is 4.49. The third-order valence-electron chi connectivity index (χ3n) is 4.47. The van der Waals surface area contributed by atoms with Gasteiger partial charge in [-0.3, -0.25) is 4.79 Å². The molecular formula is C20H22Br2N2O2. The van der Waals surface area contributed by atoms with Crippen LogP contribution in [0.15, 0.2) is 39.3 Å². The SMILES string of the molecule is C=CCOc1c(Br)cc(/C=C(\C#N)C(=O)N[C@H]2CCCC[C@H]2C)cc1Br. The maximum Gasteiger partial charge on any atom is 0.262 e. The minimum absolute atomic E-state index is 0.0985. The van der Waals surface area contributed by atoms with Crippen LogP contribution in [0.3, 0.4) is 0 Å². The Kier molecular flexibility index (Phi) is 7.92. The zero-order valence-electron chi connectivity index (χ0n) is 14.7. The third kappa shape index (κ3) is 5.46. The minimum atomic E-state index is -0.314. The maximum absolute atomic E-state index is 12.5. The number of rotatable bonds is 6. The molecule has 1 aliphatic rings. The summed E-state index contributed by atoms with van der Waals surface area (Å²) < 4.78 is 7.06. The standard InChI is InChI=1S/C20H22Br2N2O2/c1-3-8-26-19-16(21)10-14(11-17(19)22)9-15(12-23)20(25)24-18-7-5-4-6-13(18)2/h3,9-11,13,18H,1,4-8H2,2H3,(H,24,25)/b15-9+/t13-,18+/m1/s1. The van der Waals surface area contributed by atoms with Gasteiger partial charge in [0, 0.05) is 6.04 Å². The highest BCUT2D eigenvalue weighted by Gasteiger charge is 2.24. The van der Waals surface area contributed by atoms with Gasteiger partial charge in [0.05, 0.1) is 8.95 Å². The van der Waals surface area contributed by atoms with E-state index in [1.165, 1.54) is 6.42 Å². The molecule has 1 aromatic carbocycles. The van der Waals surface area contributed by atoms with Crippen molar-refractivity contribution in [2.45, 2.75) is 38.6 Å². The lowest BCUT2D eigenvalue weighted by atomic mass is 9.86. The van der Waals surface area contributed by atoms with E-state index in [1.54, 1.807) is 12.2 Å². The molecule has 0 radical (unpaired) electrons. The Balaban J connectivity index is 2.18. The van der Waals surface area contributed by atoms with Crippen molar-refractivity contribution in [1.82, 2.24) is 5.32 Å². The van der Waals surface area contributed by atoms with E-state index in [1.807, 2.05) is 18.2 Å². The van der Waals surface area contributed by atoms with Crippen molar-refractivity contribution in [1.29, 1.82) is 5.26 Å². The first-order valence-electron chi connectivity index (χ1n) is 8.61. The van der Waals surface area contributed by atoms with Gasteiger partial charge >= 0.3 is 0 Å². The molecule has 0 bridgehead atoms. The second-order valence-electron chi connectivity index (χ2n) is 6.42. The number of carbonyl (C=O) groups excluding carboxylic acids is 1. The van der Waals surface area contributed by atoms with Gasteiger partial charge in [0.2, 0.25) is 0 Å². The Bertz CT molecular complexity index is 730. The number of nitrogens with zero attached hydrogens (tertiary/aromatic N) is 1. The molecule has 0 aromatic heterocycles. The second kappa shape index (κ2) is 9.94. The fraction of sp³-hybridized carbons (Fsp3) is 0.400. The first-order chi connectivity index (χ1) is 12.5. The summed E-state index contributed by atoms with van der Waals surface area (Å²) in [5.41, 5.74) is 0.833. The van der Waals surface area contributed by atoms with Crippen molar-refractivity contribution in [3.05, 3.63) is 44.9 Å². The van der Waals surface area contributed by atoms with E-state index in [4.69, 9.17) is 4.74 Å². The van der Waals surface area contributed by atoms with E-state index < -0.39 is 0 Å². The first kappa shape index (κ1) is 20.7. The van der Waals surface area contributed by atoms with Gasteiger partial charge in [-0.25, -0.2) is 0 Å². The molecule has 1 fully saturated rings. The Morgan fingerprint density at radius 3 is 2.62 bits per heavy atom. The van der Waals surface area contributed by atoms with E-state index in [2.05, 4.69) is 50.7 Å². The van der Waals surface area contributed by atoms with Crippen LogP contribution >= 0.6 is 31.9 Å². The van der Waals surface area contributed by atoms with Crippen molar-refractivity contribution in [2.24, 2.45) is 5.92 Å². The topological polar surface area (TPSA) is 62.1 Å². The highest BCUT2D eigenvalue weighted by molar-refractivity contribution is 9.11. The number of benzene rings is 1. The van der Waals surface area contributed by atoms with Crippen LogP contribution in [0.5, 0.6) is 5.75 Å². The molecule has 1 N–H and O–H groups in total. The minimum Gasteiger partial charge on any atom is -0.487 e. The van der Waals surface area contributed by atoms with E-state index in [0.29, 0.717) is 18.3 Å². The van der Waals surface area contributed by atoms with Crippen LogP contribution in [0.4, 0.5) is 0 Å². The number of halogens is 2. The number of hydrogen-bond acceptors (Lipinski definition) is 3. The van der Waals surface area contributed by atoms with Gasteiger partial charge in [0.15, 0.2) is 0 Å². The monoisotopic (exact) mass is 480 g/mol. The molecule has 0 spiro atoms. The van der Waals surface area contributed by atoms with E-state index >= 15 is 0 Å². The smallest absolute Gasteiger partial charge is 0.262 e. The van der Waals surface area contributed by atoms with E-state index in [0.717, 1.165) is 33.8 Å². The summed E-state index contributed by atoms with van der Waals surface area (Å²) in [4.78, 5) is 12.5. The van der Waals surface area contributed by atoms with Gasteiger partial charge in [-0.05, 0) is 74.4 Å². The Hall–Kier alpha value is -1.58. The summed E-state index contributed by atoms with van der Waals surface area (Å²) >= 11 is 6.93. The molecule has 2 rings (SSSR count). The molecule has 0 aliphatic heterocycles. The normalized spacial score (nSPS) is 20.2. The van der Waals surface area contributed by atoms with Gasteiger partial charge in [0.25, 0.3) is 5.91 Å². The quantitative estimate of drug-likeness (QED) is 0.337. The summed E-state index contributed by atoms with van der Waals surface area (Å²) in [6, 6.07) is 5.79. The van der Waals surface area contributed by atoms with Crippen LogP contribution in [-0.2, 0) is 4.79 Å². The number of amides is 1. The fourth-order valence-electron chi connectivity index (χ4n) is 3.04. The zero-order chi connectivity index (χ0) is 19.1. The lowest BCUT2D eigenvalue weighted by Crippen LogP contribution is -2.41. The van der Waals surface area contributed by atoms with Crippen molar-refractivity contribution < 1.29 is 9.53 Å². The molecule has 0 heterocycles. The van der Waals surface area contributed by atoms with Crippen LogP contribution in [0, 0.1) is 17.2 Å². The Morgan fingerprint density at radius 2 is 2.04 bits per heavy atom. The molecule has 1 saturated carbocycles. The molecular weight excluding hydrogens is 460 g/mol. The maximum atomic E-state index is 12.5. The lowest BCUT2D eigenvalue weighted by molar-refractivity contribution is -0.118. The van der Waals surface area contributed by atoms with Crippen molar-refractivity contribution in [2.75, 3.05) is 6.61 Å². The first-order valence-corrected chi connectivity index (χ1v) is 10.2. The predicted molar refractivity (Wildman–Crippen MR) is 111 cm³/mol. The largest absolute Gasteiger partial charge is 0.487 e. The molecule has 1 amide bonds. The van der Waals surface area contributed by atoms with Crippen LogP contribution in [0.25, 0.3) is 6.08 Å². The van der Waals surface area contributed by atoms with Gasteiger partial charge < -0.3 is 10.1 Å². The summed E-state index contributed by atoms with van der Waals surface area (Å²) in [5.74, 6) is 0.781. The van der Waals surface area contributed by atoms with Crippen LogP contribution < -0.4 is 10.1 Å². The molecule has 26 heavy (non-hydrogen) atoms. The van der Waals surface area contributed by atoms with Crippen LogP contribution in [0.1, 0.15) is 38.2 Å². The van der Waals surface area contributed by atoms with Crippen molar-refractivity contribution >= 4 is 43.8 Å². The molecule has 138 valence electrons. The molecule has 4 nitrogen and oxygen atoms in total. The van der Waals surface area contributed by atoms with E-state index in [9.17, 15) is 10.1 Å². The molecule has 2 atom stereocenters. The summed E-state index contributed by atoms with van der Waals surface area (Å²) in [6.07, 6.45) is 7.66. The van der Waals surface area contributed by atoms with Gasteiger partial charge in [0.1, 0.15) is 24.0 Å². The average Bonchev–Trinajstić information content (AvgIpc) is 2.61. The average molecular weight is 482 g/mol. The van der Waals surface area contributed by atoms with Crippen LogP contribution in [0.2, 0.25) is 0 Å². The van der Waals surface area contributed by atoms with Gasteiger partial charge in [-0.2, -0.15) is 5.26 Å². The molecule has 1 aromatic rings. The molecule has 1 aliphatic carbocycles. The van der Waals surface area contributed by atoms with Crippen molar-refractivity contribution in [3.8, 4) is 11.8 Å². The second-order valence-corrected chi connectivity index (χ2v) is 8.13. The number of hydrogen-bond donors (Lipinski definition) is 1. The number of carbonyl (C=O) groups is 1. The lowest BCUT2D eigenvalue weighted by Gasteiger charge is -2.29. The van der Waals surface area contributed by atoms with Gasteiger partial charge in [-0.1, -0.05) is 32.4 Å². The molecule has 0 saturated heterocycles. The summed E-state index contributed by atoms with van der Waals surface area (Å²) in [6.45, 7) is 6.17. The summed E-state index contributed by atoms with van der Waals surface area (Å²) in [7, 11) is 0. The zero-order valence-corrected chi connectivity index (χ0v) is 17.9. The van der Waals surface area contributed by atoms with Gasteiger partial charge in [-0.15, -0.1) is 0 Å². The third-order valence-corrected chi connectivity index (χ3v) is 5.65. The number of nitriles is 1. The molecule has 6 heteroatoms. The Labute approximate surface area is 171 Å². The number of ether oxygens (including phenoxy) is 1.